The number of thiazole rings is 1. The molecular formula is C12H15N3OS. The van der Waals surface area contributed by atoms with Crippen molar-refractivity contribution in [3.63, 3.8) is 0 Å². The Morgan fingerprint density at radius 3 is 2.94 bits per heavy atom. The highest BCUT2D eigenvalue weighted by atomic mass is 32.1. The lowest BCUT2D eigenvalue weighted by Crippen LogP contribution is -2.08. The van der Waals surface area contributed by atoms with Gasteiger partial charge in [-0.2, -0.15) is 0 Å². The SMILES string of the molecule is COc1ncccc1NC(C)c1csc(C)n1. The van der Waals surface area contributed by atoms with E-state index < -0.39 is 0 Å². The van der Waals surface area contributed by atoms with Crippen LogP contribution in [0.5, 0.6) is 5.88 Å². The molecule has 0 fully saturated rings. The average Bonchev–Trinajstić information content (AvgIpc) is 2.77. The predicted molar refractivity (Wildman–Crippen MR) is 69.7 cm³/mol. The minimum atomic E-state index is 0.137. The van der Waals surface area contributed by atoms with Crippen molar-refractivity contribution in [2.45, 2.75) is 19.9 Å². The molecule has 0 radical (unpaired) electrons. The minimum Gasteiger partial charge on any atom is -0.480 e. The molecule has 5 heteroatoms. The van der Waals surface area contributed by atoms with E-state index in [1.54, 1.807) is 24.6 Å². The second-order valence-corrected chi connectivity index (χ2v) is 4.78. The van der Waals surface area contributed by atoms with Gasteiger partial charge < -0.3 is 10.1 Å². The number of methoxy groups -OCH3 is 1. The molecule has 1 N–H and O–H groups in total. The quantitative estimate of drug-likeness (QED) is 0.904. The van der Waals surface area contributed by atoms with E-state index in [-0.39, 0.29) is 6.04 Å². The van der Waals surface area contributed by atoms with Crippen LogP contribution in [0.4, 0.5) is 5.69 Å². The molecule has 0 aliphatic rings. The van der Waals surface area contributed by atoms with Crippen LogP contribution in [0.15, 0.2) is 23.7 Å². The summed E-state index contributed by atoms with van der Waals surface area (Å²) in [5, 5.41) is 6.49. The fraction of sp³-hybridized carbons (Fsp3) is 0.333. The van der Waals surface area contributed by atoms with Crippen molar-refractivity contribution >= 4 is 17.0 Å². The van der Waals surface area contributed by atoms with Crippen molar-refractivity contribution in [1.29, 1.82) is 0 Å². The molecule has 0 aliphatic heterocycles. The Morgan fingerprint density at radius 2 is 2.29 bits per heavy atom. The second kappa shape index (κ2) is 5.14. The molecule has 0 saturated carbocycles. The summed E-state index contributed by atoms with van der Waals surface area (Å²) >= 11 is 1.66. The van der Waals surface area contributed by atoms with Gasteiger partial charge >= 0.3 is 0 Å². The number of nitrogens with one attached hydrogen (secondary N) is 1. The molecule has 4 nitrogen and oxygen atoms in total. The molecule has 2 rings (SSSR count). The molecule has 0 saturated heterocycles. The summed E-state index contributed by atoms with van der Waals surface area (Å²) in [5.74, 6) is 0.603. The largest absolute Gasteiger partial charge is 0.480 e. The van der Waals surface area contributed by atoms with Crippen molar-refractivity contribution in [1.82, 2.24) is 9.97 Å². The van der Waals surface area contributed by atoms with Crippen LogP contribution in [0, 0.1) is 6.92 Å². The molecule has 2 aromatic rings. The van der Waals surface area contributed by atoms with Gasteiger partial charge in [0, 0.05) is 11.6 Å². The zero-order chi connectivity index (χ0) is 12.3. The molecule has 0 aliphatic carbocycles. The van der Waals surface area contributed by atoms with Crippen LogP contribution in [0.25, 0.3) is 0 Å². The van der Waals surface area contributed by atoms with Gasteiger partial charge in [-0.1, -0.05) is 0 Å². The van der Waals surface area contributed by atoms with E-state index >= 15 is 0 Å². The van der Waals surface area contributed by atoms with Crippen molar-refractivity contribution in [3.05, 3.63) is 34.4 Å². The van der Waals surface area contributed by atoms with E-state index in [2.05, 4.69) is 27.6 Å². The number of aryl methyl sites for hydroxylation is 1. The van der Waals surface area contributed by atoms with Gasteiger partial charge in [-0.15, -0.1) is 11.3 Å². The smallest absolute Gasteiger partial charge is 0.237 e. The van der Waals surface area contributed by atoms with Gasteiger partial charge in [0.25, 0.3) is 0 Å². The Bertz CT molecular complexity index is 498. The summed E-state index contributed by atoms with van der Waals surface area (Å²) in [7, 11) is 1.62. The van der Waals surface area contributed by atoms with Crippen molar-refractivity contribution in [2.75, 3.05) is 12.4 Å². The standard InChI is InChI=1S/C12H15N3OS/c1-8(11-7-17-9(2)15-11)14-10-5-4-6-13-12(10)16-3/h4-8,14H,1-3H3. The predicted octanol–water partition coefficient (Wildman–Crippen LogP) is 3.03. The summed E-state index contributed by atoms with van der Waals surface area (Å²) in [5.41, 5.74) is 1.92. The monoisotopic (exact) mass is 249 g/mol. The Morgan fingerprint density at radius 1 is 1.47 bits per heavy atom. The van der Waals surface area contributed by atoms with Crippen LogP contribution in [0.3, 0.4) is 0 Å². The third-order valence-corrected chi connectivity index (χ3v) is 3.21. The van der Waals surface area contributed by atoms with Gasteiger partial charge in [0.15, 0.2) is 0 Å². The minimum absolute atomic E-state index is 0.137. The van der Waals surface area contributed by atoms with Gasteiger partial charge in [0.1, 0.15) is 0 Å². The zero-order valence-corrected chi connectivity index (χ0v) is 10.9. The third kappa shape index (κ3) is 2.74. The summed E-state index contributed by atoms with van der Waals surface area (Å²) in [6, 6.07) is 3.96. The highest BCUT2D eigenvalue weighted by Crippen LogP contribution is 2.26. The summed E-state index contributed by atoms with van der Waals surface area (Å²) < 4.78 is 5.20. The van der Waals surface area contributed by atoms with E-state index in [9.17, 15) is 0 Å². The molecule has 17 heavy (non-hydrogen) atoms. The lowest BCUT2D eigenvalue weighted by Gasteiger charge is -2.14. The van der Waals surface area contributed by atoms with E-state index in [1.807, 2.05) is 19.1 Å². The van der Waals surface area contributed by atoms with Crippen LogP contribution in [-0.4, -0.2) is 17.1 Å². The fourth-order valence-corrected chi connectivity index (χ4v) is 2.26. The summed E-state index contributed by atoms with van der Waals surface area (Å²) in [4.78, 5) is 8.60. The number of nitrogens with zero attached hydrogens (tertiary/aromatic N) is 2. The van der Waals surface area contributed by atoms with Crippen molar-refractivity contribution < 1.29 is 4.74 Å². The molecule has 0 aromatic carbocycles. The number of aromatic nitrogens is 2. The van der Waals surface area contributed by atoms with Gasteiger partial charge in [-0.25, -0.2) is 9.97 Å². The first-order chi connectivity index (χ1) is 8.20. The highest BCUT2D eigenvalue weighted by Gasteiger charge is 2.11. The van der Waals surface area contributed by atoms with Gasteiger partial charge in [-0.3, -0.25) is 0 Å². The Kier molecular flexibility index (Phi) is 3.58. The second-order valence-electron chi connectivity index (χ2n) is 3.72. The van der Waals surface area contributed by atoms with Crippen LogP contribution in [-0.2, 0) is 0 Å². The number of rotatable bonds is 4. The molecule has 90 valence electrons. The number of ether oxygens (including phenoxy) is 1. The Labute approximate surface area is 105 Å². The maximum atomic E-state index is 5.20. The number of hydrogen-bond acceptors (Lipinski definition) is 5. The van der Waals surface area contributed by atoms with Gasteiger partial charge in [-0.05, 0) is 26.0 Å². The maximum absolute atomic E-state index is 5.20. The van der Waals surface area contributed by atoms with Crippen LogP contribution >= 0.6 is 11.3 Å². The van der Waals surface area contributed by atoms with E-state index in [0.29, 0.717) is 5.88 Å². The van der Waals surface area contributed by atoms with E-state index in [0.717, 1.165) is 16.4 Å². The first kappa shape index (κ1) is 11.9. The summed E-state index contributed by atoms with van der Waals surface area (Å²) in [6.07, 6.45) is 1.71. The zero-order valence-electron chi connectivity index (χ0n) is 10.1. The van der Waals surface area contributed by atoms with Crippen LogP contribution in [0.2, 0.25) is 0 Å². The summed E-state index contributed by atoms with van der Waals surface area (Å²) in [6.45, 7) is 4.08. The molecule has 2 aromatic heterocycles. The van der Waals surface area contributed by atoms with E-state index in [4.69, 9.17) is 4.74 Å². The van der Waals surface area contributed by atoms with Gasteiger partial charge in [0.2, 0.25) is 5.88 Å². The average molecular weight is 249 g/mol. The Hall–Kier alpha value is -1.62. The molecule has 0 spiro atoms. The number of anilines is 1. The normalized spacial score (nSPS) is 12.2. The Balaban J connectivity index is 2.15. The van der Waals surface area contributed by atoms with Crippen molar-refractivity contribution in [3.8, 4) is 5.88 Å². The molecule has 0 bridgehead atoms. The lowest BCUT2D eigenvalue weighted by molar-refractivity contribution is 0.399. The molecule has 1 unspecified atom stereocenters. The van der Waals surface area contributed by atoms with Crippen molar-refractivity contribution in [2.24, 2.45) is 0 Å². The lowest BCUT2D eigenvalue weighted by atomic mass is 10.2. The van der Waals surface area contributed by atoms with Crippen LogP contribution in [0.1, 0.15) is 23.7 Å². The van der Waals surface area contributed by atoms with E-state index in [1.165, 1.54) is 0 Å². The topological polar surface area (TPSA) is 47.0 Å². The third-order valence-electron chi connectivity index (χ3n) is 2.42. The van der Waals surface area contributed by atoms with Gasteiger partial charge in [0.05, 0.1) is 29.5 Å². The first-order valence-electron chi connectivity index (χ1n) is 5.38. The molecule has 0 amide bonds. The maximum Gasteiger partial charge on any atom is 0.237 e. The molecule has 2 heterocycles. The molecular weight excluding hydrogens is 234 g/mol. The number of hydrogen-bond donors (Lipinski definition) is 1. The highest BCUT2D eigenvalue weighted by molar-refractivity contribution is 7.09. The number of pyridine rings is 1. The molecule has 1 atom stereocenters. The fourth-order valence-electron chi connectivity index (χ4n) is 1.55. The first-order valence-corrected chi connectivity index (χ1v) is 6.26. The van der Waals surface area contributed by atoms with Crippen LogP contribution < -0.4 is 10.1 Å².